The van der Waals surface area contributed by atoms with Gasteiger partial charge in [-0.1, -0.05) is 6.92 Å². The van der Waals surface area contributed by atoms with Gasteiger partial charge in [-0.05, 0) is 38.6 Å². The third-order valence-corrected chi connectivity index (χ3v) is 4.55. The number of nitrogens with one attached hydrogen (secondary N) is 2. The fourth-order valence-electron chi connectivity index (χ4n) is 3.17. The first-order chi connectivity index (χ1) is 10.1. The van der Waals surface area contributed by atoms with E-state index in [0.29, 0.717) is 13.2 Å². The standard InChI is InChI=1S/C15H27N3O3/c1-2-7-17-13-9-21-8-12(13)15(20)18-11-5-3-10(4-6-11)14(16)19/h10-13,17H,2-9H2,1H3,(H2,16,19)(H,18,20). The van der Waals surface area contributed by atoms with E-state index in [0.717, 1.165) is 38.6 Å². The Balaban J connectivity index is 1.77. The third-order valence-electron chi connectivity index (χ3n) is 4.55. The van der Waals surface area contributed by atoms with Crippen molar-refractivity contribution >= 4 is 11.8 Å². The van der Waals surface area contributed by atoms with Gasteiger partial charge >= 0.3 is 0 Å². The molecule has 6 heteroatoms. The van der Waals surface area contributed by atoms with E-state index in [-0.39, 0.29) is 35.7 Å². The van der Waals surface area contributed by atoms with Gasteiger partial charge in [0.05, 0.1) is 19.1 Å². The Hall–Kier alpha value is -1.14. The van der Waals surface area contributed by atoms with Crippen molar-refractivity contribution in [3.63, 3.8) is 0 Å². The highest BCUT2D eigenvalue weighted by Gasteiger charge is 2.35. The minimum atomic E-state index is -0.215. The summed E-state index contributed by atoms with van der Waals surface area (Å²) in [5, 5.41) is 6.49. The zero-order valence-corrected chi connectivity index (χ0v) is 12.8. The molecule has 1 aliphatic carbocycles. The summed E-state index contributed by atoms with van der Waals surface area (Å²) < 4.78 is 5.44. The van der Waals surface area contributed by atoms with E-state index in [2.05, 4.69) is 17.6 Å². The van der Waals surface area contributed by atoms with Crippen molar-refractivity contribution in [2.24, 2.45) is 17.6 Å². The number of carbonyl (C=O) groups is 2. The molecule has 0 spiro atoms. The molecule has 2 fully saturated rings. The highest BCUT2D eigenvalue weighted by molar-refractivity contribution is 5.80. The van der Waals surface area contributed by atoms with E-state index in [9.17, 15) is 9.59 Å². The van der Waals surface area contributed by atoms with E-state index >= 15 is 0 Å². The van der Waals surface area contributed by atoms with Gasteiger partial charge in [0.1, 0.15) is 0 Å². The molecule has 2 aliphatic rings. The van der Waals surface area contributed by atoms with E-state index in [4.69, 9.17) is 10.5 Å². The Labute approximate surface area is 126 Å². The van der Waals surface area contributed by atoms with Gasteiger partial charge < -0.3 is 21.1 Å². The topological polar surface area (TPSA) is 93.4 Å². The maximum absolute atomic E-state index is 12.4. The molecule has 2 unspecified atom stereocenters. The second-order valence-electron chi connectivity index (χ2n) is 6.16. The second kappa shape index (κ2) is 7.75. The SMILES string of the molecule is CCCNC1COCC1C(=O)NC1CCC(C(N)=O)CC1. The van der Waals surface area contributed by atoms with Crippen LogP contribution in [0.2, 0.25) is 0 Å². The Morgan fingerprint density at radius 1 is 1.19 bits per heavy atom. The molecule has 1 saturated heterocycles. The van der Waals surface area contributed by atoms with Crippen molar-refractivity contribution in [1.29, 1.82) is 0 Å². The van der Waals surface area contributed by atoms with Gasteiger partial charge in [0.2, 0.25) is 11.8 Å². The second-order valence-corrected chi connectivity index (χ2v) is 6.16. The number of carbonyl (C=O) groups excluding carboxylic acids is 2. The quantitative estimate of drug-likeness (QED) is 0.651. The highest BCUT2D eigenvalue weighted by Crippen LogP contribution is 2.24. The molecule has 6 nitrogen and oxygen atoms in total. The van der Waals surface area contributed by atoms with Crippen LogP contribution in [0.3, 0.4) is 0 Å². The van der Waals surface area contributed by atoms with Crippen molar-refractivity contribution in [2.75, 3.05) is 19.8 Å². The van der Waals surface area contributed by atoms with E-state index in [1.54, 1.807) is 0 Å². The molecule has 2 rings (SSSR count). The molecular weight excluding hydrogens is 270 g/mol. The molecule has 0 bridgehead atoms. The number of rotatable bonds is 6. The zero-order chi connectivity index (χ0) is 15.2. The number of primary amides is 1. The first kappa shape index (κ1) is 16.2. The van der Waals surface area contributed by atoms with Crippen molar-refractivity contribution in [3.8, 4) is 0 Å². The summed E-state index contributed by atoms with van der Waals surface area (Å²) in [6.45, 7) is 4.10. The van der Waals surface area contributed by atoms with E-state index in [1.165, 1.54) is 0 Å². The summed E-state index contributed by atoms with van der Waals surface area (Å²) in [6.07, 6.45) is 4.26. The smallest absolute Gasteiger partial charge is 0.227 e. The summed E-state index contributed by atoms with van der Waals surface area (Å²) in [7, 11) is 0. The predicted molar refractivity (Wildman–Crippen MR) is 79.5 cm³/mol. The molecule has 1 aliphatic heterocycles. The van der Waals surface area contributed by atoms with E-state index in [1.807, 2.05) is 0 Å². The zero-order valence-electron chi connectivity index (χ0n) is 12.8. The van der Waals surface area contributed by atoms with Gasteiger partial charge in [0.25, 0.3) is 0 Å². The molecule has 2 amide bonds. The van der Waals surface area contributed by atoms with E-state index < -0.39 is 0 Å². The minimum absolute atomic E-state index is 0.0214. The molecule has 21 heavy (non-hydrogen) atoms. The average Bonchev–Trinajstić information content (AvgIpc) is 2.94. The van der Waals surface area contributed by atoms with Gasteiger partial charge in [-0.3, -0.25) is 9.59 Å². The molecule has 0 aromatic heterocycles. The highest BCUT2D eigenvalue weighted by atomic mass is 16.5. The van der Waals surface area contributed by atoms with Gasteiger partial charge in [-0.2, -0.15) is 0 Å². The molecule has 4 N–H and O–H groups in total. The Kier molecular flexibility index (Phi) is 5.99. The van der Waals surface area contributed by atoms with Crippen LogP contribution in [0, 0.1) is 11.8 Å². The van der Waals surface area contributed by atoms with Crippen LogP contribution in [-0.2, 0) is 14.3 Å². The van der Waals surface area contributed by atoms with Crippen molar-refractivity contribution in [2.45, 2.75) is 51.1 Å². The van der Waals surface area contributed by atoms with Gasteiger partial charge in [-0.15, -0.1) is 0 Å². The normalized spacial score (nSPS) is 32.8. The lowest BCUT2D eigenvalue weighted by atomic mass is 9.85. The van der Waals surface area contributed by atoms with Gasteiger partial charge in [-0.25, -0.2) is 0 Å². The fraction of sp³-hybridized carbons (Fsp3) is 0.867. The Morgan fingerprint density at radius 3 is 2.52 bits per heavy atom. The average molecular weight is 297 g/mol. The molecule has 1 saturated carbocycles. The summed E-state index contributed by atoms with van der Waals surface area (Å²) in [5.74, 6) is -0.270. The summed E-state index contributed by atoms with van der Waals surface area (Å²) in [4.78, 5) is 23.5. The predicted octanol–water partition coefficient (Wildman–Crippen LogP) is 0.161. The third kappa shape index (κ3) is 4.41. The van der Waals surface area contributed by atoms with Crippen LogP contribution in [0.4, 0.5) is 0 Å². The van der Waals surface area contributed by atoms with Crippen molar-refractivity contribution in [1.82, 2.24) is 10.6 Å². The van der Waals surface area contributed by atoms with Gasteiger partial charge in [0, 0.05) is 18.0 Å². The molecule has 0 aromatic carbocycles. The minimum Gasteiger partial charge on any atom is -0.379 e. The summed E-state index contributed by atoms with van der Waals surface area (Å²) >= 11 is 0. The van der Waals surface area contributed by atoms with Crippen LogP contribution in [0.25, 0.3) is 0 Å². The molecule has 0 aromatic rings. The molecule has 120 valence electrons. The van der Waals surface area contributed by atoms with Crippen molar-refractivity contribution < 1.29 is 14.3 Å². The van der Waals surface area contributed by atoms with Crippen LogP contribution >= 0.6 is 0 Å². The number of hydrogen-bond acceptors (Lipinski definition) is 4. The lowest BCUT2D eigenvalue weighted by Gasteiger charge is -2.29. The Morgan fingerprint density at radius 2 is 1.90 bits per heavy atom. The largest absolute Gasteiger partial charge is 0.379 e. The molecule has 1 heterocycles. The van der Waals surface area contributed by atoms with Crippen LogP contribution in [0.15, 0.2) is 0 Å². The molecule has 2 atom stereocenters. The first-order valence-corrected chi connectivity index (χ1v) is 8.02. The van der Waals surface area contributed by atoms with Crippen LogP contribution in [0.1, 0.15) is 39.0 Å². The summed E-state index contributed by atoms with van der Waals surface area (Å²) in [5.41, 5.74) is 5.33. The lowest BCUT2D eigenvalue weighted by Crippen LogP contribution is -2.48. The molecular formula is C15H27N3O3. The fourth-order valence-corrected chi connectivity index (χ4v) is 3.17. The van der Waals surface area contributed by atoms with Crippen LogP contribution in [-0.4, -0.2) is 43.7 Å². The maximum atomic E-state index is 12.4. The van der Waals surface area contributed by atoms with Crippen LogP contribution in [0.5, 0.6) is 0 Å². The number of nitrogens with two attached hydrogens (primary N) is 1. The lowest BCUT2D eigenvalue weighted by molar-refractivity contribution is -0.126. The Bertz CT molecular complexity index is 367. The maximum Gasteiger partial charge on any atom is 0.227 e. The molecule has 0 radical (unpaired) electrons. The first-order valence-electron chi connectivity index (χ1n) is 8.02. The number of ether oxygens (including phenoxy) is 1. The van der Waals surface area contributed by atoms with Crippen molar-refractivity contribution in [3.05, 3.63) is 0 Å². The number of amides is 2. The monoisotopic (exact) mass is 297 g/mol. The summed E-state index contributed by atoms with van der Waals surface area (Å²) in [6, 6.07) is 0.285. The van der Waals surface area contributed by atoms with Gasteiger partial charge in [0.15, 0.2) is 0 Å². The van der Waals surface area contributed by atoms with Crippen LogP contribution < -0.4 is 16.4 Å². The number of hydrogen-bond donors (Lipinski definition) is 3.